The molecule has 0 saturated carbocycles. The van der Waals surface area contributed by atoms with E-state index in [1.807, 2.05) is 23.7 Å². The van der Waals surface area contributed by atoms with Crippen LogP contribution in [-0.4, -0.2) is 16.1 Å². The standard InChI is InChI=1S/C15H17N3S/c1-2-16-9-12-7-8-13(19-12)10-18-11-17-14-5-3-4-6-15(14)18/h3-8,11,16H,2,9-10H2,1H3. The third-order valence-electron chi connectivity index (χ3n) is 3.12. The van der Waals surface area contributed by atoms with Crippen LogP contribution in [0, 0.1) is 0 Å². The van der Waals surface area contributed by atoms with E-state index in [4.69, 9.17) is 0 Å². The number of hydrogen-bond acceptors (Lipinski definition) is 3. The highest BCUT2D eigenvalue weighted by atomic mass is 32.1. The number of hydrogen-bond donors (Lipinski definition) is 1. The fourth-order valence-electron chi connectivity index (χ4n) is 2.15. The van der Waals surface area contributed by atoms with Crippen molar-refractivity contribution in [2.24, 2.45) is 0 Å². The molecule has 3 rings (SSSR count). The van der Waals surface area contributed by atoms with Gasteiger partial charge in [0, 0.05) is 16.3 Å². The van der Waals surface area contributed by atoms with Crippen molar-refractivity contribution < 1.29 is 0 Å². The summed E-state index contributed by atoms with van der Waals surface area (Å²) < 4.78 is 2.21. The fraction of sp³-hybridized carbons (Fsp3) is 0.267. The molecule has 3 nitrogen and oxygen atoms in total. The van der Waals surface area contributed by atoms with Gasteiger partial charge in [0.05, 0.1) is 23.9 Å². The van der Waals surface area contributed by atoms with Crippen molar-refractivity contribution in [1.29, 1.82) is 0 Å². The Labute approximate surface area is 116 Å². The van der Waals surface area contributed by atoms with Crippen molar-refractivity contribution >= 4 is 22.4 Å². The highest BCUT2D eigenvalue weighted by Crippen LogP contribution is 2.20. The molecule has 0 unspecified atom stereocenters. The number of aromatic nitrogens is 2. The van der Waals surface area contributed by atoms with Crippen LogP contribution in [0.25, 0.3) is 11.0 Å². The molecular weight excluding hydrogens is 254 g/mol. The van der Waals surface area contributed by atoms with E-state index in [2.05, 4.69) is 52.1 Å². The summed E-state index contributed by atoms with van der Waals surface area (Å²) in [7, 11) is 0. The number of thiophene rings is 1. The van der Waals surface area contributed by atoms with Crippen LogP contribution in [0.1, 0.15) is 16.7 Å². The molecule has 0 aliphatic rings. The van der Waals surface area contributed by atoms with E-state index in [0.717, 1.165) is 25.2 Å². The van der Waals surface area contributed by atoms with Crippen molar-refractivity contribution in [1.82, 2.24) is 14.9 Å². The van der Waals surface area contributed by atoms with Gasteiger partial charge in [-0.2, -0.15) is 0 Å². The Morgan fingerprint density at radius 1 is 1.16 bits per heavy atom. The highest BCUT2D eigenvalue weighted by molar-refractivity contribution is 7.11. The van der Waals surface area contributed by atoms with Gasteiger partial charge in [-0.15, -0.1) is 11.3 Å². The lowest BCUT2D eigenvalue weighted by atomic mass is 10.3. The molecule has 0 fully saturated rings. The van der Waals surface area contributed by atoms with E-state index in [9.17, 15) is 0 Å². The summed E-state index contributed by atoms with van der Waals surface area (Å²) in [6, 6.07) is 12.7. The second-order valence-electron chi connectivity index (χ2n) is 4.51. The first-order valence-electron chi connectivity index (χ1n) is 6.55. The first kappa shape index (κ1) is 12.4. The van der Waals surface area contributed by atoms with Crippen LogP contribution >= 0.6 is 11.3 Å². The summed E-state index contributed by atoms with van der Waals surface area (Å²) in [5.74, 6) is 0. The Morgan fingerprint density at radius 2 is 2.00 bits per heavy atom. The third kappa shape index (κ3) is 2.69. The summed E-state index contributed by atoms with van der Waals surface area (Å²) in [5, 5.41) is 3.36. The average Bonchev–Trinajstić information content (AvgIpc) is 3.05. The van der Waals surface area contributed by atoms with Crippen molar-refractivity contribution in [3.8, 4) is 0 Å². The molecule has 0 spiro atoms. The summed E-state index contributed by atoms with van der Waals surface area (Å²) in [4.78, 5) is 7.19. The normalized spacial score (nSPS) is 11.2. The van der Waals surface area contributed by atoms with Crippen molar-refractivity contribution in [3.63, 3.8) is 0 Å². The van der Waals surface area contributed by atoms with E-state index in [-0.39, 0.29) is 0 Å². The molecule has 0 aliphatic heterocycles. The summed E-state index contributed by atoms with van der Waals surface area (Å²) >= 11 is 1.87. The predicted octanol–water partition coefficient (Wildman–Crippen LogP) is 3.26. The molecule has 1 aromatic carbocycles. The van der Waals surface area contributed by atoms with Crippen LogP contribution in [0.15, 0.2) is 42.7 Å². The largest absolute Gasteiger partial charge is 0.325 e. The van der Waals surface area contributed by atoms with E-state index in [0.29, 0.717) is 0 Å². The third-order valence-corrected chi connectivity index (χ3v) is 4.19. The number of nitrogens with one attached hydrogen (secondary N) is 1. The van der Waals surface area contributed by atoms with Gasteiger partial charge in [0.15, 0.2) is 0 Å². The van der Waals surface area contributed by atoms with Crippen molar-refractivity contribution in [2.75, 3.05) is 6.54 Å². The fourth-order valence-corrected chi connectivity index (χ4v) is 3.14. The zero-order chi connectivity index (χ0) is 13.1. The van der Waals surface area contributed by atoms with Crippen LogP contribution in [0.2, 0.25) is 0 Å². The monoisotopic (exact) mass is 271 g/mol. The van der Waals surface area contributed by atoms with E-state index in [1.165, 1.54) is 15.3 Å². The summed E-state index contributed by atoms with van der Waals surface area (Å²) in [6.07, 6.45) is 1.92. The van der Waals surface area contributed by atoms with E-state index >= 15 is 0 Å². The van der Waals surface area contributed by atoms with E-state index in [1.54, 1.807) is 0 Å². The molecule has 19 heavy (non-hydrogen) atoms. The number of fused-ring (bicyclic) bond motifs is 1. The molecule has 2 aromatic heterocycles. The minimum Gasteiger partial charge on any atom is -0.325 e. The van der Waals surface area contributed by atoms with Gasteiger partial charge in [0.2, 0.25) is 0 Å². The Kier molecular flexibility index (Phi) is 3.62. The zero-order valence-electron chi connectivity index (χ0n) is 11.0. The maximum Gasteiger partial charge on any atom is 0.0961 e. The quantitative estimate of drug-likeness (QED) is 0.772. The van der Waals surface area contributed by atoms with Gasteiger partial charge in [-0.1, -0.05) is 19.1 Å². The molecule has 4 heteroatoms. The Bertz CT molecular complexity index is 669. The van der Waals surface area contributed by atoms with Crippen LogP contribution in [0.5, 0.6) is 0 Å². The Balaban J connectivity index is 1.79. The topological polar surface area (TPSA) is 29.9 Å². The van der Waals surface area contributed by atoms with Gasteiger partial charge in [-0.25, -0.2) is 4.98 Å². The van der Waals surface area contributed by atoms with Crippen LogP contribution in [0.3, 0.4) is 0 Å². The van der Waals surface area contributed by atoms with Crippen molar-refractivity contribution in [2.45, 2.75) is 20.0 Å². The maximum absolute atomic E-state index is 4.43. The number of benzene rings is 1. The smallest absolute Gasteiger partial charge is 0.0961 e. The zero-order valence-corrected chi connectivity index (χ0v) is 11.8. The second kappa shape index (κ2) is 5.55. The lowest BCUT2D eigenvalue weighted by Gasteiger charge is -2.01. The molecular formula is C15H17N3S. The molecule has 1 N–H and O–H groups in total. The summed E-state index contributed by atoms with van der Waals surface area (Å²) in [5.41, 5.74) is 2.26. The molecule has 0 bridgehead atoms. The number of nitrogens with zero attached hydrogens (tertiary/aromatic N) is 2. The van der Waals surface area contributed by atoms with Gasteiger partial charge >= 0.3 is 0 Å². The molecule has 0 saturated heterocycles. The molecule has 3 aromatic rings. The number of rotatable bonds is 5. The lowest BCUT2D eigenvalue weighted by molar-refractivity contribution is 0.735. The second-order valence-corrected chi connectivity index (χ2v) is 5.76. The van der Waals surface area contributed by atoms with Gasteiger partial charge in [-0.05, 0) is 30.8 Å². The van der Waals surface area contributed by atoms with E-state index < -0.39 is 0 Å². The van der Waals surface area contributed by atoms with Gasteiger partial charge in [0.1, 0.15) is 0 Å². The minimum atomic E-state index is 0.900. The SMILES string of the molecule is CCNCc1ccc(Cn2cnc3ccccc32)s1. The molecule has 0 atom stereocenters. The molecule has 2 heterocycles. The Hall–Kier alpha value is -1.65. The number of imidazole rings is 1. The average molecular weight is 271 g/mol. The Morgan fingerprint density at radius 3 is 2.89 bits per heavy atom. The predicted molar refractivity (Wildman–Crippen MR) is 80.5 cm³/mol. The first-order valence-corrected chi connectivity index (χ1v) is 7.36. The highest BCUT2D eigenvalue weighted by Gasteiger charge is 2.04. The molecule has 0 aliphatic carbocycles. The molecule has 0 radical (unpaired) electrons. The summed E-state index contributed by atoms with van der Waals surface area (Å²) in [6.45, 7) is 5.01. The van der Waals surface area contributed by atoms with Crippen LogP contribution < -0.4 is 5.32 Å². The minimum absolute atomic E-state index is 0.900. The lowest BCUT2D eigenvalue weighted by Crippen LogP contribution is -2.10. The maximum atomic E-state index is 4.43. The van der Waals surface area contributed by atoms with Crippen LogP contribution in [-0.2, 0) is 13.1 Å². The molecule has 0 amide bonds. The number of para-hydroxylation sites is 2. The van der Waals surface area contributed by atoms with Crippen LogP contribution in [0.4, 0.5) is 0 Å². The van der Waals surface area contributed by atoms with Gasteiger partial charge < -0.3 is 9.88 Å². The van der Waals surface area contributed by atoms with Crippen molar-refractivity contribution in [3.05, 3.63) is 52.5 Å². The molecule has 98 valence electrons. The van der Waals surface area contributed by atoms with Gasteiger partial charge in [0.25, 0.3) is 0 Å². The van der Waals surface area contributed by atoms with Gasteiger partial charge in [-0.3, -0.25) is 0 Å². The first-order chi connectivity index (χ1) is 9.36.